The molecule has 0 saturated carbocycles. The van der Waals surface area contributed by atoms with Crippen LogP contribution in [0.4, 0.5) is 0 Å². The Morgan fingerprint density at radius 3 is 3.45 bits per heavy atom. The van der Waals surface area contributed by atoms with Crippen molar-refractivity contribution in [1.82, 2.24) is 5.32 Å². The summed E-state index contributed by atoms with van der Waals surface area (Å²) < 4.78 is 0. The zero-order valence-corrected chi connectivity index (χ0v) is 7.03. The Morgan fingerprint density at radius 1 is 1.73 bits per heavy atom. The van der Waals surface area contributed by atoms with Crippen LogP contribution in [0.2, 0.25) is 0 Å². The molecular weight excluding hydrogens is 158 g/mol. The third-order valence-corrected chi connectivity index (χ3v) is 3.04. The van der Waals surface area contributed by atoms with Gasteiger partial charge in [0.1, 0.15) is 0 Å². The Balaban J connectivity index is 2.18. The predicted octanol–water partition coefficient (Wildman–Crippen LogP) is 0.755. The molecule has 2 nitrogen and oxygen atoms in total. The maximum atomic E-state index is 8.90. The summed E-state index contributed by atoms with van der Waals surface area (Å²) in [6, 6.07) is 2.43. The SMILES string of the molecule is OC[C@@H]1Cc2ccsc2CN1. The Hall–Kier alpha value is -0.380. The summed E-state index contributed by atoms with van der Waals surface area (Å²) >= 11 is 1.79. The van der Waals surface area contributed by atoms with Gasteiger partial charge >= 0.3 is 0 Å². The highest BCUT2D eigenvalue weighted by Crippen LogP contribution is 2.21. The second-order valence-electron chi connectivity index (χ2n) is 2.83. The van der Waals surface area contributed by atoms with Gasteiger partial charge in [-0.1, -0.05) is 0 Å². The molecule has 1 aromatic heterocycles. The lowest BCUT2D eigenvalue weighted by Crippen LogP contribution is -2.37. The second-order valence-corrected chi connectivity index (χ2v) is 3.83. The highest BCUT2D eigenvalue weighted by atomic mass is 32.1. The molecule has 2 heterocycles. The molecule has 0 radical (unpaired) electrons. The number of rotatable bonds is 1. The highest BCUT2D eigenvalue weighted by molar-refractivity contribution is 7.10. The zero-order valence-electron chi connectivity index (χ0n) is 6.21. The van der Waals surface area contributed by atoms with Gasteiger partial charge in [0.2, 0.25) is 0 Å². The van der Waals surface area contributed by atoms with Crippen LogP contribution < -0.4 is 5.32 Å². The summed E-state index contributed by atoms with van der Waals surface area (Å²) in [5.74, 6) is 0. The predicted molar refractivity (Wildman–Crippen MR) is 45.7 cm³/mol. The largest absolute Gasteiger partial charge is 0.395 e. The van der Waals surface area contributed by atoms with Gasteiger partial charge in [-0.25, -0.2) is 0 Å². The maximum absolute atomic E-state index is 8.90. The van der Waals surface area contributed by atoms with Crippen LogP contribution in [0.15, 0.2) is 11.4 Å². The normalized spacial score (nSPS) is 23.2. The molecule has 0 bridgehead atoms. The summed E-state index contributed by atoms with van der Waals surface area (Å²) in [6.45, 7) is 1.17. The Labute approximate surface area is 69.9 Å². The van der Waals surface area contributed by atoms with Gasteiger partial charge < -0.3 is 10.4 Å². The lowest BCUT2D eigenvalue weighted by molar-refractivity contribution is 0.236. The van der Waals surface area contributed by atoms with Crippen molar-refractivity contribution in [2.75, 3.05) is 6.61 Å². The van der Waals surface area contributed by atoms with Crippen molar-refractivity contribution in [3.8, 4) is 0 Å². The van der Waals surface area contributed by atoms with E-state index in [0.717, 1.165) is 13.0 Å². The molecule has 0 aromatic carbocycles. The molecule has 0 aliphatic carbocycles. The lowest BCUT2D eigenvalue weighted by Gasteiger charge is -2.21. The molecule has 1 aromatic rings. The number of aliphatic hydroxyl groups excluding tert-OH is 1. The third kappa shape index (κ3) is 1.31. The topological polar surface area (TPSA) is 32.3 Å². The van der Waals surface area contributed by atoms with Gasteiger partial charge in [0.15, 0.2) is 0 Å². The fourth-order valence-electron chi connectivity index (χ4n) is 1.41. The first kappa shape index (κ1) is 7.28. The van der Waals surface area contributed by atoms with E-state index >= 15 is 0 Å². The smallest absolute Gasteiger partial charge is 0.0588 e. The molecular formula is C8H11NOS. The van der Waals surface area contributed by atoms with Crippen molar-refractivity contribution >= 4 is 11.3 Å². The molecule has 0 amide bonds. The summed E-state index contributed by atoms with van der Waals surface area (Å²) in [4.78, 5) is 1.43. The summed E-state index contributed by atoms with van der Waals surface area (Å²) in [6.07, 6.45) is 0.981. The Morgan fingerprint density at radius 2 is 2.64 bits per heavy atom. The van der Waals surface area contributed by atoms with Crippen LogP contribution in [0.5, 0.6) is 0 Å². The fourth-order valence-corrected chi connectivity index (χ4v) is 2.27. The molecule has 1 atom stereocenters. The molecule has 1 aliphatic rings. The van der Waals surface area contributed by atoms with Gasteiger partial charge in [0.25, 0.3) is 0 Å². The average Bonchev–Trinajstić information content (AvgIpc) is 2.50. The molecule has 0 spiro atoms. The van der Waals surface area contributed by atoms with Crippen LogP contribution in [-0.2, 0) is 13.0 Å². The van der Waals surface area contributed by atoms with Crippen molar-refractivity contribution in [3.05, 3.63) is 21.9 Å². The van der Waals surface area contributed by atoms with E-state index in [1.807, 2.05) is 0 Å². The second kappa shape index (κ2) is 2.93. The van der Waals surface area contributed by atoms with E-state index in [-0.39, 0.29) is 12.6 Å². The third-order valence-electron chi connectivity index (χ3n) is 2.08. The van der Waals surface area contributed by atoms with Crippen LogP contribution >= 0.6 is 11.3 Å². The lowest BCUT2D eigenvalue weighted by atomic mass is 10.0. The first-order chi connectivity index (χ1) is 5.40. The van der Waals surface area contributed by atoms with Gasteiger partial charge in [-0.05, 0) is 23.4 Å². The van der Waals surface area contributed by atoms with Crippen LogP contribution in [-0.4, -0.2) is 17.8 Å². The molecule has 11 heavy (non-hydrogen) atoms. The quantitative estimate of drug-likeness (QED) is 0.650. The van der Waals surface area contributed by atoms with Crippen LogP contribution in [0.3, 0.4) is 0 Å². The van der Waals surface area contributed by atoms with Crippen molar-refractivity contribution in [2.24, 2.45) is 0 Å². The summed E-state index contributed by atoms with van der Waals surface area (Å²) in [5.41, 5.74) is 1.41. The van der Waals surface area contributed by atoms with Crippen molar-refractivity contribution < 1.29 is 5.11 Å². The van der Waals surface area contributed by atoms with Crippen molar-refractivity contribution in [3.63, 3.8) is 0 Å². The zero-order chi connectivity index (χ0) is 7.68. The van der Waals surface area contributed by atoms with E-state index in [4.69, 9.17) is 5.11 Å². The number of hydrogen-bond acceptors (Lipinski definition) is 3. The van der Waals surface area contributed by atoms with E-state index in [2.05, 4.69) is 16.8 Å². The number of nitrogens with one attached hydrogen (secondary N) is 1. The average molecular weight is 169 g/mol. The summed E-state index contributed by atoms with van der Waals surface area (Å²) in [5, 5.41) is 14.3. The van der Waals surface area contributed by atoms with E-state index in [0.29, 0.717) is 0 Å². The highest BCUT2D eigenvalue weighted by Gasteiger charge is 2.17. The van der Waals surface area contributed by atoms with Crippen LogP contribution in [0, 0.1) is 0 Å². The number of thiophene rings is 1. The molecule has 2 N–H and O–H groups in total. The number of hydrogen-bond donors (Lipinski definition) is 2. The maximum Gasteiger partial charge on any atom is 0.0588 e. The minimum absolute atomic E-state index is 0.245. The van der Waals surface area contributed by atoms with E-state index < -0.39 is 0 Å². The van der Waals surface area contributed by atoms with Crippen LogP contribution in [0.25, 0.3) is 0 Å². The standard InChI is InChI=1S/C8H11NOS/c10-5-7-3-6-1-2-11-8(6)4-9-7/h1-2,7,9-10H,3-5H2/t7-/m0/s1. The molecule has 1 aliphatic heterocycles. The summed E-state index contributed by atoms with van der Waals surface area (Å²) in [7, 11) is 0. The van der Waals surface area contributed by atoms with Gasteiger partial charge in [-0.2, -0.15) is 0 Å². The minimum Gasteiger partial charge on any atom is -0.395 e. The van der Waals surface area contributed by atoms with Gasteiger partial charge in [0.05, 0.1) is 6.61 Å². The van der Waals surface area contributed by atoms with Crippen molar-refractivity contribution in [1.29, 1.82) is 0 Å². The molecule has 0 unspecified atom stereocenters. The molecule has 60 valence electrons. The Bertz CT molecular complexity index is 246. The Kier molecular flexibility index (Phi) is 1.94. The number of fused-ring (bicyclic) bond motifs is 1. The van der Waals surface area contributed by atoms with E-state index in [1.165, 1.54) is 10.4 Å². The van der Waals surface area contributed by atoms with Crippen LogP contribution in [0.1, 0.15) is 10.4 Å². The van der Waals surface area contributed by atoms with E-state index in [1.54, 1.807) is 11.3 Å². The monoisotopic (exact) mass is 169 g/mol. The molecule has 0 saturated heterocycles. The molecule has 0 fully saturated rings. The van der Waals surface area contributed by atoms with Gasteiger partial charge in [-0.15, -0.1) is 11.3 Å². The van der Waals surface area contributed by atoms with Gasteiger partial charge in [-0.3, -0.25) is 0 Å². The first-order valence-electron chi connectivity index (χ1n) is 3.79. The van der Waals surface area contributed by atoms with E-state index in [9.17, 15) is 0 Å². The first-order valence-corrected chi connectivity index (χ1v) is 4.67. The molecule has 3 heteroatoms. The van der Waals surface area contributed by atoms with Crippen molar-refractivity contribution in [2.45, 2.75) is 19.0 Å². The number of aliphatic hydroxyl groups is 1. The van der Waals surface area contributed by atoms with Gasteiger partial charge in [0, 0.05) is 17.5 Å². The molecule has 2 rings (SSSR count). The fraction of sp³-hybridized carbons (Fsp3) is 0.500. The minimum atomic E-state index is 0.245.